The highest BCUT2D eigenvalue weighted by Gasteiger charge is 2.07. The van der Waals surface area contributed by atoms with Gasteiger partial charge in [0.15, 0.2) is 11.6 Å². The Morgan fingerprint density at radius 2 is 2.06 bits per heavy atom. The number of halogens is 2. The van der Waals surface area contributed by atoms with Crippen LogP contribution < -0.4 is 10.1 Å². The molecule has 0 aliphatic carbocycles. The first-order valence-electron chi connectivity index (χ1n) is 5.27. The van der Waals surface area contributed by atoms with E-state index in [1.807, 2.05) is 0 Å². The summed E-state index contributed by atoms with van der Waals surface area (Å²) >= 11 is 0. The highest BCUT2D eigenvalue weighted by atomic mass is 19.1. The molecule has 4 nitrogen and oxygen atoms in total. The van der Waals surface area contributed by atoms with Crippen LogP contribution in [0.4, 0.5) is 8.78 Å². The molecule has 1 N–H and O–H groups in total. The maximum absolute atomic E-state index is 13.3. The standard InChI is InChI=1S/C12H11F2N3O/c1-15-5-9-6-17-12(7-16-9)18-11-3-2-8(13)4-10(11)14/h2-4,6-7,15H,5H2,1H3. The van der Waals surface area contributed by atoms with Crippen molar-refractivity contribution in [3.63, 3.8) is 0 Å². The van der Waals surface area contributed by atoms with Gasteiger partial charge in [0.1, 0.15) is 5.82 Å². The zero-order valence-electron chi connectivity index (χ0n) is 9.65. The summed E-state index contributed by atoms with van der Waals surface area (Å²) in [5.74, 6) is -1.38. The molecule has 0 saturated heterocycles. The average Bonchev–Trinajstić information content (AvgIpc) is 2.35. The molecular formula is C12H11F2N3O. The minimum atomic E-state index is -0.781. The Balaban J connectivity index is 2.13. The van der Waals surface area contributed by atoms with Crippen molar-refractivity contribution in [3.8, 4) is 11.6 Å². The quantitative estimate of drug-likeness (QED) is 0.905. The van der Waals surface area contributed by atoms with Gasteiger partial charge in [-0.1, -0.05) is 0 Å². The van der Waals surface area contributed by atoms with Gasteiger partial charge in [-0.05, 0) is 19.2 Å². The van der Waals surface area contributed by atoms with Gasteiger partial charge in [-0.2, -0.15) is 0 Å². The number of aromatic nitrogens is 2. The lowest BCUT2D eigenvalue weighted by Gasteiger charge is -2.06. The Morgan fingerprint density at radius 1 is 1.22 bits per heavy atom. The molecular weight excluding hydrogens is 240 g/mol. The second-order valence-corrected chi connectivity index (χ2v) is 3.55. The van der Waals surface area contributed by atoms with E-state index in [-0.39, 0.29) is 11.6 Å². The lowest BCUT2D eigenvalue weighted by atomic mass is 10.3. The Bertz CT molecular complexity index is 531. The third-order valence-electron chi connectivity index (χ3n) is 2.15. The molecule has 0 amide bonds. The molecule has 0 fully saturated rings. The van der Waals surface area contributed by atoms with E-state index in [4.69, 9.17) is 4.74 Å². The second kappa shape index (κ2) is 5.50. The van der Waals surface area contributed by atoms with Crippen molar-refractivity contribution in [2.45, 2.75) is 6.54 Å². The molecule has 94 valence electrons. The Morgan fingerprint density at radius 3 is 2.67 bits per heavy atom. The second-order valence-electron chi connectivity index (χ2n) is 3.55. The van der Waals surface area contributed by atoms with Gasteiger partial charge in [0.05, 0.1) is 18.1 Å². The van der Waals surface area contributed by atoms with Crippen molar-refractivity contribution < 1.29 is 13.5 Å². The van der Waals surface area contributed by atoms with Crippen molar-refractivity contribution in [3.05, 3.63) is 47.9 Å². The molecule has 0 aliphatic rings. The molecule has 0 aliphatic heterocycles. The molecule has 0 radical (unpaired) electrons. The van der Waals surface area contributed by atoms with Gasteiger partial charge in [-0.3, -0.25) is 4.98 Å². The maximum atomic E-state index is 13.3. The van der Waals surface area contributed by atoms with Gasteiger partial charge in [0.25, 0.3) is 0 Å². The summed E-state index contributed by atoms with van der Waals surface area (Å²) in [6, 6.07) is 3.06. The van der Waals surface area contributed by atoms with E-state index in [2.05, 4.69) is 15.3 Å². The van der Waals surface area contributed by atoms with Crippen molar-refractivity contribution in [1.82, 2.24) is 15.3 Å². The molecule has 2 rings (SSSR count). The molecule has 0 saturated carbocycles. The van der Waals surface area contributed by atoms with Gasteiger partial charge >= 0.3 is 0 Å². The van der Waals surface area contributed by atoms with Crippen molar-refractivity contribution >= 4 is 0 Å². The zero-order valence-corrected chi connectivity index (χ0v) is 9.65. The van der Waals surface area contributed by atoms with Gasteiger partial charge in [-0.15, -0.1) is 0 Å². The lowest BCUT2D eigenvalue weighted by Crippen LogP contribution is -2.07. The first-order chi connectivity index (χ1) is 8.69. The summed E-state index contributed by atoms with van der Waals surface area (Å²) < 4.78 is 31.2. The summed E-state index contributed by atoms with van der Waals surface area (Å²) in [6.45, 7) is 0.582. The summed E-state index contributed by atoms with van der Waals surface area (Å²) in [5, 5.41) is 2.92. The van der Waals surface area contributed by atoms with E-state index < -0.39 is 11.6 Å². The first-order valence-corrected chi connectivity index (χ1v) is 5.27. The summed E-state index contributed by atoms with van der Waals surface area (Å²) in [4.78, 5) is 8.04. The Labute approximate surface area is 103 Å². The van der Waals surface area contributed by atoms with Gasteiger partial charge in [0, 0.05) is 12.6 Å². The largest absolute Gasteiger partial charge is 0.434 e. The van der Waals surface area contributed by atoms with E-state index in [0.29, 0.717) is 6.54 Å². The van der Waals surface area contributed by atoms with E-state index in [1.54, 1.807) is 7.05 Å². The van der Waals surface area contributed by atoms with Gasteiger partial charge in [-0.25, -0.2) is 13.8 Å². The molecule has 0 atom stereocenters. The number of nitrogens with zero attached hydrogens (tertiary/aromatic N) is 2. The topological polar surface area (TPSA) is 47.0 Å². The van der Waals surface area contributed by atoms with Crippen LogP contribution in [0.1, 0.15) is 5.69 Å². The number of benzene rings is 1. The number of hydrogen-bond acceptors (Lipinski definition) is 4. The lowest BCUT2D eigenvalue weighted by molar-refractivity contribution is 0.421. The Hall–Kier alpha value is -2.08. The van der Waals surface area contributed by atoms with E-state index in [0.717, 1.165) is 17.8 Å². The highest BCUT2D eigenvalue weighted by molar-refractivity contribution is 5.28. The van der Waals surface area contributed by atoms with Crippen LogP contribution >= 0.6 is 0 Å². The van der Waals surface area contributed by atoms with Crippen LogP contribution in [0.25, 0.3) is 0 Å². The van der Waals surface area contributed by atoms with E-state index in [9.17, 15) is 8.78 Å². The fraction of sp³-hybridized carbons (Fsp3) is 0.167. The SMILES string of the molecule is CNCc1cnc(Oc2ccc(F)cc2F)cn1. The van der Waals surface area contributed by atoms with E-state index in [1.165, 1.54) is 18.5 Å². The molecule has 0 bridgehead atoms. The van der Waals surface area contributed by atoms with Crippen LogP contribution in [0, 0.1) is 11.6 Å². The monoisotopic (exact) mass is 251 g/mol. The first kappa shape index (κ1) is 12.4. The average molecular weight is 251 g/mol. The highest BCUT2D eigenvalue weighted by Crippen LogP contribution is 2.22. The summed E-state index contributed by atoms with van der Waals surface area (Å²) in [7, 11) is 1.79. The van der Waals surface area contributed by atoms with Crippen LogP contribution in [-0.2, 0) is 6.54 Å². The third-order valence-corrected chi connectivity index (χ3v) is 2.15. The van der Waals surface area contributed by atoms with Crippen LogP contribution in [0.15, 0.2) is 30.6 Å². The van der Waals surface area contributed by atoms with Crippen LogP contribution in [0.2, 0.25) is 0 Å². The van der Waals surface area contributed by atoms with Crippen molar-refractivity contribution in [2.24, 2.45) is 0 Å². The Kier molecular flexibility index (Phi) is 3.78. The normalized spacial score (nSPS) is 10.4. The molecule has 1 aromatic carbocycles. The van der Waals surface area contributed by atoms with Crippen LogP contribution in [0.3, 0.4) is 0 Å². The number of hydrogen-bond donors (Lipinski definition) is 1. The fourth-order valence-corrected chi connectivity index (χ4v) is 1.34. The number of rotatable bonds is 4. The summed E-state index contributed by atoms with van der Waals surface area (Å²) in [5.41, 5.74) is 0.740. The molecule has 0 unspecified atom stereocenters. The number of nitrogens with one attached hydrogen (secondary N) is 1. The fourth-order valence-electron chi connectivity index (χ4n) is 1.34. The minimum Gasteiger partial charge on any atom is -0.434 e. The third kappa shape index (κ3) is 2.98. The molecule has 0 spiro atoms. The zero-order chi connectivity index (χ0) is 13.0. The number of ether oxygens (including phenoxy) is 1. The molecule has 1 aromatic heterocycles. The van der Waals surface area contributed by atoms with Gasteiger partial charge in [0.2, 0.25) is 5.88 Å². The predicted octanol–water partition coefficient (Wildman–Crippen LogP) is 2.27. The maximum Gasteiger partial charge on any atom is 0.237 e. The van der Waals surface area contributed by atoms with E-state index >= 15 is 0 Å². The smallest absolute Gasteiger partial charge is 0.237 e. The molecule has 18 heavy (non-hydrogen) atoms. The predicted molar refractivity (Wildman–Crippen MR) is 61.2 cm³/mol. The molecule has 1 heterocycles. The van der Waals surface area contributed by atoms with Crippen LogP contribution in [-0.4, -0.2) is 17.0 Å². The van der Waals surface area contributed by atoms with Crippen LogP contribution in [0.5, 0.6) is 11.6 Å². The van der Waals surface area contributed by atoms with Crippen molar-refractivity contribution in [2.75, 3.05) is 7.05 Å². The summed E-state index contributed by atoms with van der Waals surface area (Å²) in [6.07, 6.45) is 2.91. The van der Waals surface area contributed by atoms with Crippen molar-refractivity contribution in [1.29, 1.82) is 0 Å². The van der Waals surface area contributed by atoms with Gasteiger partial charge < -0.3 is 10.1 Å². The molecule has 6 heteroatoms. The molecule has 2 aromatic rings. The minimum absolute atomic E-state index is 0.0907.